The molecule has 0 aliphatic rings. The van der Waals surface area contributed by atoms with Crippen LogP contribution in [0.15, 0.2) is 35.6 Å². The first-order chi connectivity index (χ1) is 7.24. The molecule has 0 unspecified atom stereocenters. The SMILES string of the molecule is CC(C)N(CSCc1ccccc1)N=O. The van der Waals surface area contributed by atoms with Gasteiger partial charge in [0.1, 0.15) is 0 Å². The fourth-order valence-corrected chi connectivity index (χ4v) is 2.15. The Labute approximate surface area is 94.8 Å². The normalized spacial score (nSPS) is 10.3. The maximum Gasteiger partial charge on any atom is 0.0853 e. The van der Waals surface area contributed by atoms with Crippen LogP contribution in [0.25, 0.3) is 0 Å². The van der Waals surface area contributed by atoms with E-state index in [4.69, 9.17) is 0 Å². The van der Waals surface area contributed by atoms with Crippen molar-refractivity contribution >= 4 is 11.8 Å². The molecule has 0 bridgehead atoms. The summed E-state index contributed by atoms with van der Waals surface area (Å²) in [5, 5.41) is 4.53. The molecule has 0 aliphatic carbocycles. The Morgan fingerprint density at radius 1 is 1.33 bits per heavy atom. The van der Waals surface area contributed by atoms with Gasteiger partial charge >= 0.3 is 0 Å². The molecular formula is C11H16N2OS. The molecule has 0 saturated carbocycles. The van der Waals surface area contributed by atoms with Crippen LogP contribution < -0.4 is 0 Å². The number of thioether (sulfide) groups is 1. The second kappa shape index (κ2) is 6.45. The van der Waals surface area contributed by atoms with Gasteiger partial charge in [-0.25, -0.2) is 5.01 Å². The summed E-state index contributed by atoms with van der Waals surface area (Å²) in [7, 11) is 0. The molecule has 82 valence electrons. The zero-order valence-electron chi connectivity index (χ0n) is 9.09. The predicted octanol–water partition coefficient (Wildman–Crippen LogP) is 3.27. The highest BCUT2D eigenvalue weighted by atomic mass is 32.2. The molecule has 0 fully saturated rings. The Hall–Kier alpha value is -1.03. The van der Waals surface area contributed by atoms with Crippen molar-refractivity contribution in [1.29, 1.82) is 0 Å². The quantitative estimate of drug-likeness (QED) is 0.422. The van der Waals surface area contributed by atoms with Crippen LogP contribution in [-0.2, 0) is 5.75 Å². The van der Waals surface area contributed by atoms with Gasteiger partial charge in [0.25, 0.3) is 0 Å². The number of hydrogen-bond donors (Lipinski definition) is 0. The average Bonchev–Trinajstić information content (AvgIpc) is 2.25. The van der Waals surface area contributed by atoms with E-state index >= 15 is 0 Å². The number of hydrogen-bond acceptors (Lipinski definition) is 3. The van der Waals surface area contributed by atoms with Gasteiger partial charge in [-0.2, -0.15) is 0 Å². The fraction of sp³-hybridized carbons (Fsp3) is 0.455. The first-order valence-corrected chi connectivity index (χ1v) is 6.11. The summed E-state index contributed by atoms with van der Waals surface area (Å²) in [6.07, 6.45) is 0. The average molecular weight is 224 g/mol. The maximum atomic E-state index is 10.5. The van der Waals surface area contributed by atoms with Crippen LogP contribution in [0.2, 0.25) is 0 Å². The van der Waals surface area contributed by atoms with E-state index in [2.05, 4.69) is 17.4 Å². The summed E-state index contributed by atoms with van der Waals surface area (Å²) in [6.45, 7) is 3.93. The number of nitroso groups, excluding NO2 is 1. The third-order valence-electron chi connectivity index (χ3n) is 2.04. The van der Waals surface area contributed by atoms with E-state index in [1.54, 1.807) is 16.8 Å². The minimum atomic E-state index is 0.172. The Balaban J connectivity index is 2.30. The third-order valence-corrected chi connectivity index (χ3v) is 3.02. The summed E-state index contributed by atoms with van der Waals surface area (Å²) in [6, 6.07) is 10.4. The van der Waals surface area contributed by atoms with E-state index < -0.39 is 0 Å². The largest absolute Gasteiger partial charge is 0.248 e. The topological polar surface area (TPSA) is 32.7 Å². The molecule has 0 spiro atoms. The van der Waals surface area contributed by atoms with Crippen LogP contribution in [0.5, 0.6) is 0 Å². The molecule has 0 amide bonds. The van der Waals surface area contributed by atoms with Gasteiger partial charge in [-0.05, 0) is 19.4 Å². The van der Waals surface area contributed by atoms with Gasteiger partial charge < -0.3 is 0 Å². The second-order valence-electron chi connectivity index (χ2n) is 3.58. The van der Waals surface area contributed by atoms with Crippen molar-refractivity contribution < 1.29 is 0 Å². The number of benzene rings is 1. The molecule has 15 heavy (non-hydrogen) atoms. The highest BCUT2D eigenvalue weighted by Gasteiger charge is 2.06. The molecule has 0 aliphatic heterocycles. The summed E-state index contributed by atoms with van der Waals surface area (Å²) >= 11 is 1.70. The molecule has 1 aromatic rings. The number of nitrogens with zero attached hydrogens (tertiary/aromatic N) is 2. The lowest BCUT2D eigenvalue weighted by molar-refractivity contribution is 0.272. The van der Waals surface area contributed by atoms with Crippen molar-refractivity contribution in [2.24, 2.45) is 5.29 Å². The molecule has 3 nitrogen and oxygen atoms in total. The van der Waals surface area contributed by atoms with Crippen molar-refractivity contribution in [1.82, 2.24) is 5.01 Å². The van der Waals surface area contributed by atoms with Crippen LogP contribution in [0.1, 0.15) is 19.4 Å². The van der Waals surface area contributed by atoms with Gasteiger partial charge in [-0.15, -0.1) is 16.7 Å². The zero-order valence-corrected chi connectivity index (χ0v) is 9.91. The van der Waals surface area contributed by atoms with Gasteiger partial charge in [0.05, 0.1) is 11.2 Å². The molecule has 1 aromatic carbocycles. The summed E-state index contributed by atoms with van der Waals surface area (Å²) < 4.78 is 0. The number of rotatable bonds is 6. The summed E-state index contributed by atoms with van der Waals surface area (Å²) in [5.74, 6) is 1.57. The van der Waals surface area contributed by atoms with Crippen LogP contribution >= 0.6 is 11.8 Å². The molecule has 0 aromatic heterocycles. The van der Waals surface area contributed by atoms with E-state index in [9.17, 15) is 4.91 Å². The lowest BCUT2D eigenvalue weighted by Crippen LogP contribution is -2.24. The lowest BCUT2D eigenvalue weighted by atomic mass is 10.2. The van der Waals surface area contributed by atoms with Crippen molar-refractivity contribution in [2.45, 2.75) is 25.6 Å². The maximum absolute atomic E-state index is 10.5. The lowest BCUT2D eigenvalue weighted by Gasteiger charge is -2.18. The molecule has 0 saturated heterocycles. The van der Waals surface area contributed by atoms with E-state index in [0.29, 0.717) is 5.88 Å². The van der Waals surface area contributed by atoms with Crippen molar-refractivity contribution in [3.63, 3.8) is 0 Å². The minimum Gasteiger partial charge on any atom is -0.248 e. The summed E-state index contributed by atoms with van der Waals surface area (Å²) in [4.78, 5) is 10.5. The Bertz CT molecular complexity index is 290. The van der Waals surface area contributed by atoms with Crippen molar-refractivity contribution in [2.75, 3.05) is 5.88 Å². The molecule has 4 heteroatoms. The van der Waals surface area contributed by atoms with Crippen LogP contribution in [0, 0.1) is 4.91 Å². The highest BCUT2D eigenvalue weighted by molar-refractivity contribution is 7.98. The van der Waals surface area contributed by atoms with Crippen LogP contribution in [-0.4, -0.2) is 16.9 Å². The predicted molar refractivity (Wildman–Crippen MR) is 65.4 cm³/mol. The molecule has 0 atom stereocenters. The van der Waals surface area contributed by atoms with Crippen molar-refractivity contribution in [3.8, 4) is 0 Å². The van der Waals surface area contributed by atoms with Gasteiger partial charge in [0.2, 0.25) is 0 Å². The Morgan fingerprint density at radius 3 is 2.53 bits per heavy atom. The van der Waals surface area contributed by atoms with Crippen molar-refractivity contribution in [3.05, 3.63) is 40.8 Å². The first kappa shape index (κ1) is 12.0. The van der Waals surface area contributed by atoms with E-state index in [0.717, 1.165) is 5.75 Å². The smallest absolute Gasteiger partial charge is 0.0853 e. The third kappa shape index (κ3) is 4.34. The minimum absolute atomic E-state index is 0.172. The zero-order chi connectivity index (χ0) is 11.1. The van der Waals surface area contributed by atoms with Gasteiger partial charge in [-0.1, -0.05) is 30.3 Å². The van der Waals surface area contributed by atoms with Gasteiger partial charge in [0.15, 0.2) is 0 Å². The van der Waals surface area contributed by atoms with E-state index in [1.807, 2.05) is 32.0 Å². The molecule has 0 radical (unpaired) electrons. The Morgan fingerprint density at radius 2 is 2.00 bits per heavy atom. The first-order valence-electron chi connectivity index (χ1n) is 4.95. The second-order valence-corrected chi connectivity index (χ2v) is 4.53. The summed E-state index contributed by atoms with van der Waals surface area (Å²) in [5.41, 5.74) is 1.28. The highest BCUT2D eigenvalue weighted by Crippen LogP contribution is 2.14. The van der Waals surface area contributed by atoms with Crippen LogP contribution in [0.3, 0.4) is 0 Å². The Kier molecular flexibility index (Phi) is 5.18. The molecule has 1 rings (SSSR count). The van der Waals surface area contributed by atoms with Gasteiger partial charge in [-0.3, -0.25) is 0 Å². The van der Waals surface area contributed by atoms with E-state index in [-0.39, 0.29) is 6.04 Å². The van der Waals surface area contributed by atoms with Gasteiger partial charge in [0, 0.05) is 11.8 Å². The fourth-order valence-electron chi connectivity index (χ4n) is 1.10. The molecule has 0 N–H and O–H groups in total. The monoisotopic (exact) mass is 224 g/mol. The van der Waals surface area contributed by atoms with Crippen LogP contribution in [0.4, 0.5) is 0 Å². The standard InChI is InChI=1S/C11H16N2OS/c1-10(2)13(12-14)9-15-8-11-6-4-3-5-7-11/h3-7,10H,8-9H2,1-2H3. The molecule has 0 heterocycles. The van der Waals surface area contributed by atoms with E-state index in [1.165, 1.54) is 5.56 Å². The molecular weight excluding hydrogens is 208 g/mol.